The lowest BCUT2D eigenvalue weighted by atomic mass is 10.2. The van der Waals surface area contributed by atoms with E-state index in [0.29, 0.717) is 6.54 Å². The number of hydrazine groups is 1. The lowest BCUT2D eigenvalue weighted by molar-refractivity contribution is -0.137. The van der Waals surface area contributed by atoms with Gasteiger partial charge in [-0.15, -0.1) is 0 Å². The predicted molar refractivity (Wildman–Crippen MR) is 68.5 cm³/mol. The smallest absolute Gasteiger partial charge is 0.370 e. The van der Waals surface area contributed by atoms with E-state index in [4.69, 9.17) is 5.84 Å². The summed E-state index contributed by atoms with van der Waals surface area (Å²) in [5.74, 6) is 6.18. The standard InChI is InChI=1S/C10H15F3N4S/c1-18-4-2-3-15-8-5-7(10(11,12)13)6-9(16-8)17-14/h5-6H,2-4,14H2,1H3,(H2,15,16,17). The Balaban J connectivity index is 2.78. The normalized spacial score (nSPS) is 11.4. The average molecular weight is 280 g/mol. The molecule has 0 unspecified atom stereocenters. The molecular formula is C10H15F3N4S. The summed E-state index contributed by atoms with van der Waals surface area (Å²) >= 11 is 1.68. The molecule has 8 heteroatoms. The second-order valence-corrected chi connectivity index (χ2v) is 4.53. The second kappa shape index (κ2) is 6.69. The van der Waals surface area contributed by atoms with E-state index < -0.39 is 11.7 Å². The summed E-state index contributed by atoms with van der Waals surface area (Å²) in [4.78, 5) is 3.91. The van der Waals surface area contributed by atoms with Crippen LogP contribution in [-0.4, -0.2) is 23.5 Å². The van der Waals surface area contributed by atoms with Crippen molar-refractivity contribution in [2.45, 2.75) is 12.6 Å². The Labute approximate surface area is 108 Å². The Morgan fingerprint density at radius 2 is 2.00 bits per heavy atom. The molecule has 0 saturated carbocycles. The van der Waals surface area contributed by atoms with Gasteiger partial charge in [-0.05, 0) is 30.6 Å². The van der Waals surface area contributed by atoms with Crippen molar-refractivity contribution in [3.05, 3.63) is 17.7 Å². The van der Waals surface area contributed by atoms with Crippen molar-refractivity contribution in [3.8, 4) is 0 Å². The minimum absolute atomic E-state index is 0.0165. The lowest BCUT2D eigenvalue weighted by Gasteiger charge is -2.12. The highest BCUT2D eigenvalue weighted by Gasteiger charge is 2.31. The molecule has 0 atom stereocenters. The van der Waals surface area contributed by atoms with Crippen molar-refractivity contribution in [2.75, 3.05) is 29.3 Å². The zero-order chi connectivity index (χ0) is 13.6. The Morgan fingerprint density at radius 3 is 2.56 bits per heavy atom. The van der Waals surface area contributed by atoms with Crippen LogP contribution in [0.15, 0.2) is 12.1 Å². The Bertz CT molecular complexity index is 384. The number of anilines is 2. The molecule has 0 aliphatic carbocycles. The average Bonchev–Trinajstić information content (AvgIpc) is 2.33. The third-order valence-corrected chi connectivity index (χ3v) is 2.83. The van der Waals surface area contributed by atoms with Crippen LogP contribution in [0.5, 0.6) is 0 Å². The van der Waals surface area contributed by atoms with Crippen molar-refractivity contribution in [3.63, 3.8) is 0 Å². The summed E-state index contributed by atoms with van der Waals surface area (Å²) in [6, 6.07) is 1.84. The highest BCUT2D eigenvalue weighted by Crippen LogP contribution is 2.31. The van der Waals surface area contributed by atoms with E-state index in [0.717, 1.165) is 24.3 Å². The van der Waals surface area contributed by atoms with Crippen molar-refractivity contribution in [1.82, 2.24) is 4.98 Å². The summed E-state index contributed by atoms with van der Waals surface area (Å²) in [7, 11) is 0. The number of rotatable bonds is 6. The van der Waals surface area contributed by atoms with Gasteiger partial charge in [0.2, 0.25) is 0 Å². The first kappa shape index (κ1) is 14.9. The van der Waals surface area contributed by atoms with Gasteiger partial charge in [0.1, 0.15) is 11.6 Å². The zero-order valence-electron chi connectivity index (χ0n) is 9.84. The van der Waals surface area contributed by atoms with Crippen LogP contribution in [-0.2, 0) is 6.18 Å². The van der Waals surface area contributed by atoms with Crippen LogP contribution in [0, 0.1) is 0 Å². The number of thioether (sulfide) groups is 1. The van der Waals surface area contributed by atoms with Crippen molar-refractivity contribution < 1.29 is 13.2 Å². The van der Waals surface area contributed by atoms with Gasteiger partial charge in [-0.2, -0.15) is 24.9 Å². The second-order valence-electron chi connectivity index (χ2n) is 3.54. The molecular weight excluding hydrogens is 265 g/mol. The van der Waals surface area contributed by atoms with Gasteiger partial charge in [-0.25, -0.2) is 10.8 Å². The van der Waals surface area contributed by atoms with Crippen LogP contribution in [0.4, 0.5) is 24.8 Å². The number of nitrogens with one attached hydrogen (secondary N) is 2. The van der Waals surface area contributed by atoms with Gasteiger partial charge in [0.15, 0.2) is 0 Å². The number of hydrogen-bond donors (Lipinski definition) is 3. The van der Waals surface area contributed by atoms with Gasteiger partial charge < -0.3 is 10.7 Å². The fourth-order valence-electron chi connectivity index (χ4n) is 1.29. The molecule has 0 radical (unpaired) electrons. The van der Waals surface area contributed by atoms with E-state index in [1.54, 1.807) is 11.8 Å². The third kappa shape index (κ3) is 4.61. The highest BCUT2D eigenvalue weighted by atomic mass is 32.2. The van der Waals surface area contributed by atoms with Crippen LogP contribution in [0.1, 0.15) is 12.0 Å². The van der Waals surface area contributed by atoms with E-state index in [1.165, 1.54) is 0 Å². The minimum atomic E-state index is -4.41. The largest absolute Gasteiger partial charge is 0.416 e. The molecule has 0 aromatic carbocycles. The van der Waals surface area contributed by atoms with Gasteiger partial charge in [0, 0.05) is 6.54 Å². The van der Waals surface area contributed by atoms with Crippen molar-refractivity contribution >= 4 is 23.4 Å². The molecule has 1 rings (SSSR count). The molecule has 18 heavy (non-hydrogen) atoms. The number of pyridine rings is 1. The van der Waals surface area contributed by atoms with Crippen LogP contribution in [0.3, 0.4) is 0 Å². The zero-order valence-corrected chi connectivity index (χ0v) is 10.7. The van der Waals surface area contributed by atoms with E-state index in [9.17, 15) is 13.2 Å². The minimum Gasteiger partial charge on any atom is -0.370 e. The molecule has 0 bridgehead atoms. The number of aromatic nitrogens is 1. The summed E-state index contributed by atoms with van der Waals surface area (Å²) in [5, 5.41) is 2.85. The molecule has 0 aliphatic heterocycles. The topological polar surface area (TPSA) is 63.0 Å². The molecule has 102 valence electrons. The third-order valence-electron chi connectivity index (χ3n) is 2.13. The number of nitrogen functional groups attached to an aromatic ring is 1. The molecule has 4 N–H and O–H groups in total. The van der Waals surface area contributed by atoms with Crippen LogP contribution >= 0.6 is 11.8 Å². The maximum atomic E-state index is 12.6. The molecule has 4 nitrogen and oxygen atoms in total. The van der Waals surface area contributed by atoms with Gasteiger partial charge >= 0.3 is 6.18 Å². The van der Waals surface area contributed by atoms with E-state index in [-0.39, 0.29) is 11.6 Å². The Morgan fingerprint density at radius 1 is 1.33 bits per heavy atom. The van der Waals surface area contributed by atoms with Gasteiger partial charge in [0.05, 0.1) is 5.56 Å². The first-order chi connectivity index (χ1) is 8.47. The fourth-order valence-corrected chi connectivity index (χ4v) is 1.72. The summed E-state index contributed by atoms with van der Waals surface area (Å²) in [6.07, 6.45) is -1.59. The van der Waals surface area contributed by atoms with Crippen LogP contribution in [0.25, 0.3) is 0 Å². The molecule has 1 aromatic rings. The highest BCUT2D eigenvalue weighted by molar-refractivity contribution is 7.98. The van der Waals surface area contributed by atoms with Gasteiger partial charge in [-0.1, -0.05) is 0 Å². The Kier molecular flexibility index (Phi) is 5.54. The SMILES string of the molecule is CSCCCNc1cc(C(F)(F)F)cc(NN)n1. The predicted octanol–water partition coefficient (Wildman–Crippen LogP) is 2.55. The molecule has 0 aliphatic rings. The quantitative estimate of drug-likeness (QED) is 0.424. The first-order valence-electron chi connectivity index (χ1n) is 5.26. The Hall–Kier alpha value is -1.15. The summed E-state index contributed by atoms with van der Waals surface area (Å²) in [5.41, 5.74) is 1.35. The molecule has 0 fully saturated rings. The molecule has 0 amide bonds. The number of halogens is 3. The van der Waals surface area contributed by atoms with Gasteiger partial charge in [-0.3, -0.25) is 0 Å². The molecule has 1 aromatic heterocycles. The van der Waals surface area contributed by atoms with E-state index >= 15 is 0 Å². The molecule has 0 saturated heterocycles. The fraction of sp³-hybridized carbons (Fsp3) is 0.500. The molecule has 1 heterocycles. The number of hydrogen-bond acceptors (Lipinski definition) is 5. The molecule has 0 spiro atoms. The summed E-state index contributed by atoms with van der Waals surface area (Å²) in [6.45, 7) is 0.569. The van der Waals surface area contributed by atoms with E-state index in [1.807, 2.05) is 6.26 Å². The summed E-state index contributed by atoms with van der Waals surface area (Å²) < 4.78 is 37.8. The van der Waals surface area contributed by atoms with Gasteiger partial charge in [0.25, 0.3) is 0 Å². The number of nitrogens with zero attached hydrogens (tertiary/aromatic N) is 1. The van der Waals surface area contributed by atoms with Crippen LogP contribution < -0.4 is 16.6 Å². The first-order valence-corrected chi connectivity index (χ1v) is 6.65. The lowest BCUT2D eigenvalue weighted by Crippen LogP contribution is -2.14. The monoisotopic (exact) mass is 280 g/mol. The maximum Gasteiger partial charge on any atom is 0.416 e. The number of alkyl halides is 3. The number of nitrogens with two attached hydrogens (primary N) is 1. The van der Waals surface area contributed by atoms with E-state index in [2.05, 4.69) is 15.7 Å². The van der Waals surface area contributed by atoms with Crippen molar-refractivity contribution in [1.29, 1.82) is 0 Å². The van der Waals surface area contributed by atoms with Crippen LogP contribution in [0.2, 0.25) is 0 Å². The maximum absolute atomic E-state index is 12.6. The van der Waals surface area contributed by atoms with Crippen molar-refractivity contribution in [2.24, 2.45) is 5.84 Å².